The number of carbonyl (C=O) groups is 2. The summed E-state index contributed by atoms with van der Waals surface area (Å²) in [4.78, 5) is 21.5. The van der Waals surface area contributed by atoms with Gasteiger partial charge in [-0.05, 0) is 13.0 Å². The van der Waals surface area contributed by atoms with Crippen molar-refractivity contribution in [2.24, 2.45) is 5.73 Å². The minimum Gasteiger partial charge on any atom is -0.382 e. The third kappa shape index (κ3) is 3.56. The molecule has 0 heterocycles. The van der Waals surface area contributed by atoms with E-state index in [-0.39, 0.29) is 5.56 Å². The average molecular weight is 329 g/mol. The van der Waals surface area contributed by atoms with Crippen molar-refractivity contribution in [3.63, 3.8) is 0 Å². The Hall–Kier alpha value is -2.10. The molecule has 0 radical (unpaired) electrons. The molecule has 0 saturated heterocycles. The van der Waals surface area contributed by atoms with Crippen LogP contribution in [0.15, 0.2) is 18.2 Å². The Labute approximate surface area is 119 Å². The van der Waals surface area contributed by atoms with Crippen LogP contribution in [0.1, 0.15) is 24.1 Å². The second-order valence-corrected chi connectivity index (χ2v) is 4.25. The fraction of sp³-hybridized carbons (Fsp3) is 0.333. The Morgan fingerprint density at radius 1 is 1.14 bits per heavy atom. The van der Waals surface area contributed by atoms with Crippen LogP contribution in [0.4, 0.5) is 26.3 Å². The van der Waals surface area contributed by atoms with Crippen molar-refractivity contribution in [3.05, 3.63) is 35.1 Å². The van der Waals surface area contributed by atoms with Gasteiger partial charge in [-0.25, -0.2) is 14.0 Å². The van der Waals surface area contributed by atoms with E-state index in [0.717, 1.165) is 12.1 Å². The lowest BCUT2D eigenvalue weighted by Crippen LogP contribution is -2.36. The topological polar surface area (TPSA) is 69.4 Å². The molecule has 1 rings (SSSR count). The molecule has 0 aliphatic heterocycles. The highest BCUT2D eigenvalue weighted by Gasteiger charge is 2.51. The zero-order valence-corrected chi connectivity index (χ0v) is 10.9. The number of ether oxygens (including phenoxy) is 1. The van der Waals surface area contributed by atoms with Gasteiger partial charge in [-0.2, -0.15) is 22.0 Å². The summed E-state index contributed by atoms with van der Waals surface area (Å²) in [7, 11) is 0. The van der Waals surface area contributed by atoms with E-state index in [4.69, 9.17) is 5.73 Å². The Kier molecular flexibility index (Phi) is 4.86. The third-order valence-corrected chi connectivity index (χ3v) is 2.53. The number of hydrogen-bond acceptors (Lipinski definition) is 4. The van der Waals surface area contributed by atoms with Crippen LogP contribution in [0.3, 0.4) is 0 Å². The number of hydrogen-bond donors (Lipinski definition) is 1. The molecule has 122 valence electrons. The molecule has 0 unspecified atom stereocenters. The predicted molar refractivity (Wildman–Crippen MR) is 60.1 cm³/mol. The van der Waals surface area contributed by atoms with Crippen molar-refractivity contribution in [1.82, 2.24) is 0 Å². The molecule has 0 aliphatic rings. The first-order chi connectivity index (χ1) is 9.89. The largest absolute Gasteiger partial charge is 0.491 e. The molecule has 1 aromatic carbocycles. The summed E-state index contributed by atoms with van der Waals surface area (Å²) in [5.74, 6) is -12.3. The molecule has 1 aromatic rings. The molecule has 0 saturated carbocycles. The second-order valence-electron chi connectivity index (χ2n) is 4.25. The lowest BCUT2D eigenvalue weighted by Gasteiger charge is -2.18. The molecule has 1 atom stereocenters. The molecule has 10 heteroatoms. The van der Waals surface area contributed by atoms with E-state index in [9.17, 15) is 35.9 Å². The molecule has 0 spiro atoms. The van der Waals surface area contributed by atoms with Crippen molar-refractivity contribution >= 4 is 11.9 Å². The van der Waals surface area contributed by atoms with Gasteiger partial charge in [-0.15, -0.1) is 0 Å². The summed E-state index contributed by atoms with van der Waals surface area (Å²) in [6.45, 7) is 1.27. The van der Waals surface area contributed by atoms with E-state index >= 15 is 0 Å². The molecule has 0 fully saturated rings. The van der Waals surface area contributed by atoms with Crippen LogP contribution in [0.5, 0.6) is 0 Å². The van der Waals surface area contributed by atoms with E-state index in [2.05, 4.69) is 4.74 Å². The van der Waals surface area contributed by atoms with Crippen LogP contribution in [0.25, 0.3) is 0 Å². The smallest absolute Gasteiger partial charge is 0.382 e. The molecule has 0 aliphatic carbocycles. The van der Waals surface area contributed by atoms with Crippen molar-refractivity contribution in [1.29, 1.82) is 0 Å². The van der Waals surface area contributed by atoms with Gasteiger partial charge in [0.25, 0.3) is 0 Å². The second kappa shape index (κ2) is 5.95. The first kappa shape index (κ1) is 18.0. The highest BCUT2D eigenvalue weighted by Crippen LogP contribution is 2.34. The van der Waals surface area contributed by atoms with Gasteiger partial charge < -0.3 is 10.5 Å². The maximum absolute atomic E-state index is 13.9. The minimum atomic E-state index is -5.64. The van der Waals surface area contributed by atoms with Gasteiger partial charge in [0.05, 0.1) is 5.56 Å². The van der Waals surface area contributed by atoms with Crippen LogP contribution >= 0.6 is 0 Å². The first-order valence-electron chi connectivity index (χ1n) is 5.64. The van der Waals surface area contributed by atoms with Crippen LogP contribution in [0, 0.1) is 5.82 Å². The van der Waals surface area contributed by atoms with Crippen LogP contribution in [-0.4, -0.2) is 18.1 Å². The fourth-order valence-electron chi connectivity index (χ4n) is 1.46. The SMILES string of the molecule is C[C@@H](N)c1cccc(C(F)(F)C(=O)OC(=O)C(F)(F)F)c1F. The molecular weight excluding hydrogens is 320 g/mol. The molecule has 0 amide bonds. The van der Waals surface area contributed by atoms with Crippen molar-refractivity contribution in [2.75, 3.05) is 0 Å². The lowest BCUT2D eigenvalue weighted by molar-refractivity contribution is -0.210. The van der Waals surface area contributed by atoms with Crippen molar-refractivity contribution < 1.29 is 40.7 Å². The van der Waals surface area contributed by atoms with Crippen molar-refractivity contribution in [3.8, 4) is 0 Å². The predicted octanol–water partition coefficient (Wildman–Crippen LogP) is 2.57. The molecule has 22 heavy (non-hydrogen) atoms. The van der Waals surface area contributed by atoms with Crippen molar-refractivity contribution in [2.45, 2.75) is 25.1 Å². The number of carbonyl (C=O) groups excluding carboxylic acids is 2. The van der Waals surface area contributed by atoms with E-state index in [1.807, 2.05) is 0 Å². The maximum Gasteiger partial charge on any atom is 0.491 e. The number of rotatable bonds is 3. The normalized spacial score (nSPS) is 13.6. The number of benzene rings is 1. The van der Waals surface area contributed by atoms with Gasteiger partial charge in [0, 0.05) is 11.6 Å². The lowest BCUT2D eigenvalue weighted by atomic mass is 10.0. The van der Waals surface area contributed by atoms with Gasteiger partial charge in [0.15, 0.2) is 0 Å². The molecule has 0 bridgehead atoms. The third-order valence-electron chi connectivity index (χ3n) is 2.53. The standard InChI is InChI=1S/C12H9F6NO3/c1-5(19)6-3-2-4-7(8(6)13)11(14,15)9(20)22-10(21)12(16,17)18/h2-5H,19H2,1H3/t5-/m1/s1. The van der Waals surface area contributed by atoms with Gasteiger partial charge >= 0.3 is 24.0 Å². The highest BCUT2D eigenvalue weighted by atomic mass is 19.4. The number of alkyl halides is 5. The Bertz CT molecular complexity index is 597. The molecule has 2 N–H and O–H groups in total. The van der Waals surface area contributed by atoms with Crippen LogP contribution in [0.2, 0.25) is 0 Å². The zero-order chi connectivity index (χ0) is 17.3. The Morgan fingerprint density at radius 3 is 2.14 bits per heavy atom. The summed E-state index contributed by atoms with van der Waals surface area (Å²) in [6.07, 6.45) is -5.64. The first-order valence-corrected chi connectivity index (χ1v) is 5.64. The van der Waals surface area contributed by atoms with Gasteiger partial charge in [0.1, 0.15) is 5.82 Å². The molecule has 0 aromatic heterocycles. The van der Waals surface area contributed by atoms with E-state index in [1.54, 1.807) is 0 Å². The van der Waals surface area contributed by atoms with E-state index in [1.165, 1.54) is 6.92 Å². The number of halogens is 6. The quantitative estimate of drug-likeness (QED) is 0.526. The summed E-state index contributed by atoms with van der Waals surface area (Å²) in [5.41, 5.74) is 3.41. The van der Waals surface area contributed by atoms with Gasteiger partial charge in [-0.3, -0.25) is 0 Å². The number of esters is 2. The van der Waals surface area contributed by atoms with Gasteiger partial charge in [-0.1, -0.05) is 12.1 Å². The van der Waals surface area contributed by atoms with Crippen LogP contribution in [-0.2, 0) is 20.2 Å². The van der Waals surface area contributed by atoms with Crippen LogP contribution < -0.4 is 5.73 Å². The zero-order valence-electron chi connectivity index (χ0n) is 10.9. The summed E-state index contributed by atoms with van der Waals surface area (Å²) < 4.78 is 80.0. The van der Waals surface area contributed by atoms with Gasteiger partial charge in [0.2, 0.25) is 0 Å². The van der Waals surface area contributed by atoms with E-state index in [0.29, 0.717) is 6.07 Å². The Morgan fingerprint density at radius 2 is 1.68 bits per heavy atom. The molecule has 4 nitrogen and oxygen atoms in total. The monoisotopic (exact) mass is 329 g/mol. The summed E-state index contributed by atoms with van der Waals surface area (Å²) in [6, 6.07) is 1.46. The minimum absolute atomic E-state index is 0.382. The van der Waals surface area contributed by atoms with E-state index < -0.39 is 41.5 Å². The fourth-order valence-corrected chi connectivity index (χ4v) is 1.46. The Balaban J connectivity index is 3.17. The molecular formula is C12H9F6NO3. The highest BCUT2D eigenvalue weighted by molar-refractivity contribution is 5.92. The number of nitrogens with two attached hydrogens (primary N) is 1. The maximum atomic E-state index is 13.9. The summed E-state index contributed by atoms with van der Waals surface area (Å²) in [5, 5.41) is 0. The average Bonchev–Trinajstić information content (AvgIpc) is 2.36. The summed E-state index contributed by atoms with van der Waals surface area (Å²) >= 11 is 0.